The summed E-state index contributed by atoms with van der Waals surface area (Å²) < 4.78 is 108. The van der Waals surface area contributed by atoms with Crippen LogP contribution in [0.15, 0.2) is 0 Å². The number of hydrogen-bond acceptors (Lipinski definition) is 1. The van der Waals surface area contributed by atoms with Crippen LogP contribution in [-0.2, 0) is 0 Å². The summed E-state index contributed by atoms with van der Waals surface area (Å²) in [6.45, 7) is 0. The fraction of sp³-hybridized carbons (Fsp3) is 1.00. The molecule has 0 spiro atoms. The van der Waals surface area contributed by atoms with Crippen molar-refractivity contribution in [1.29, 1.82) is 0 Å². The maximum absolute atomic E-state index is 12.4. The van der Waals surface area contributed by atoms with Gasteiger partial charge in [0.15, 0.2) is 0 Å². The van der Waals surface area contributed by atoms with Crippen LogP contribution in [0.5, 0.6) is 0 Å². The summed E-state index contributed by atoms with van der Waals surface area (Å²) in [5.41, 5.74) is 3.49. The quantitative estimate of drug-likeness (QED) is 0.612. The molecule has 0 radical (unpaired) electrons. The Kier molecular flexibility index (Phi) is 3.80. The van der Waals surface area contributed by atoms with Crippen molar-refractivity contribution in [3.63, 3.8) is 0 Å². The van der Waals surface area contributed by atoms with Crippen molar-refractivity contribution in [1.82, 2.24) is 0 Å². The van der Waals surface area contributed by atoms with E-state index >= 15 is 0 Å². The average Bonchev–Trinajstić information content (AvgIpc) is 1.97. The predicted octanol–water partition coefficient (Wildman–Crippen LogP) is 3.15. The van der Waals surface area contributed by atoms with Gasteiger partial charge >= 0.3 is 24.1 Å². The van der Waals surface area contributed by atoms with Gasteiger partial charge in [0.05, 0.1) is 0 Å². The standard InChI is InChI=1S/C6H6F9N/c7-3(8,1-2-4(9,10)11)5(12,13)6(14,15)16/h1-2,16H2. The maximum atomic E-state index is 12.4. The van der Waals surface area contributed by atoms with Crippen molar-refractivity contribution in [2.45, 2.75) is 36.9 Å². The van der Waals surface area contributed by atoms with Gasteiger partial charge in [-0.15, -0.1) is 0 Å². The molecule has 98 valence electrons. The van der Waals surface area contributed by atoms with Gasteiger partial charge in [-0.1, -0.05) is 0 Å². The first-order valence-corrected chi connectivity index (χ1v) is 3.70. The van der Waals surface area contributed by atoms with Gasteiger partial charge in [0.25, 0.3) is 0 Å². The van der Waals surface area contributed by atoms with Gasteiger partial charge in [0.2, 0.25) is 0 Å². The second-order valence-electron chi connectivity index (χ2n) is 3.02. The molecule has 2 N–H and O–H groups in total. The Morgan fingerprint density at radius 1 is 0.688 bits per heavy atom. The third-order valence-corrected chi connectivity index (χ3v) is 1.60. The molecule has 0 fully saturated rings. The lowest BCUT2D eigenvalue weighted by molar-refractivity contribution is -0.313. The third kappa shape index (κ3) is 3.42. The normalized spacial score (nSPS) is 15.4. The van der Waals surface area contributed by atoms with Gasteiger partial charge in [-0.3, -0.25) is 5.73 Å². The fourth-order valence-electron chi connectivity index (χ4n) is 0.700. The molecule has 0 amide bonds. The van der Waals surface area contributed by atoms with Crippen molar-refractivity contribution < 1.29 is 39.5 Å². The Morgan fingerprint density at radius 3 is 1.31 bits per heavy atom. The first kappa shape index (κ1) is 15.3. The summed E-state index contributed by atoms with van der Waals surface area (Å²) in [5, 5.41) is 0. The van der Waals surface area contributed by atoms with E-state index in [4.69, 9.17) is 0 Å². The molecule has 0 aromatic carbocycles. The summed E-state index contributed by atoms with van der Waals surface area (Å²) in [4.78, 5) is 0. The van der Waals surface area contributed by atoms with E-state index < -0.39 is 36.9 Å². The molecule has 0 aromatic rings. The van der Waals surface area contributed by atoms with Crippen LogP contribution in [0.3, 0.4) is 0 Å². The molecule has 10 heteroatoms. The molecule has 0 aliphatic carbocycles. The molecule has 0 saturated heterocycles. The van der Waals surface area contributed by atoms with E-state index in [-0.39, 0.29) is 0 Å². The Morgan fingerprint density at radius 2 is 1.06 bits per heavy atom. The van der Waals surface area contributed by atoms with Gasteiger partial charge in [-0.2, -0.15) is 39.5 Å². The predicted molar refractivity (Wildman–Crippen MR) is 34.3 cm³/mol. The summed E-state index contributed by atoms with van der Waals surface area (Å²) in [6, 6.07) is -5.60. The monoisotopic (exact) mass is 263 g/mol. The number of alkyl halides is 9. The van der Waals surface area contributed by atoms with Crippen molar-refractivity contribution >= 4 is 0 Å². The van der Waals surface area contributed by atoms with Crippen LogP contribution < -0.4 is 5.73 Å². The van der Waals surface area contributed by atoms with Crippen LogP contribution in [0.1, 0.15) is 12.8 Å². The smallest absolute Gasteiger partial charge is 0.267 e. The molecular formula is C6H6F9N. The van der Waals surface area contributed by atoms with Crippen LogP contribution in [0.25, 0.3) is 0 Å². The molecule has 0 heterocycles. The van der Waals surface area contributed by atoms with E-state index in [1.807, 2.05) is 0 Å². The van der Waals surface area contributed by atoms with E-state index in [1.54, 1.807) is 0 Å². The molecule has 0 rings (SSSR count). The van der Waals surface area contributed by atoms with Gasteiger partial charge in [0, 0.05) is 12.8 Å². The van der Waals surface area contributed by atoms with Crippen molar-refractivity contribution in [3.05, 3.63) is 0 Å². The lowest BCUT2D eigenvalue weighted by Crippen LogP contribution is -2.58. The minimum absolute atomic E-state index is 2.31. The average molecular weight is 263 g/mol. The van der Waals surface area contributed by atoms with Gasteiger partial charge in [0.1, 0.15) is 0 Å². The Bertz CT molecular complexity index is 237. The summed E-state index contributed by atoms with van der Waals surface area (Å²) in [7, 11) is 0. The zero-order chi connectivity index (χ0) is 13.4. The molecule has 1 nitrogen and oxygen atoms in total. The molecular weight excluding hydrogens is 257 g/mol. The molecule has 0 atom stereocenters. The second kappa shape index (κ2) is 3.97. The van der Waals surface area contributed by atoms with E-state index in [0.29, 0.717) is 0 Å². The van der Waals surface area contributed by atoms with Gasteiger partial charge < -0.3 is 0 Å². The molecule has 0 unspecified atom stereocenters. The molecule has 0 aliphatic rings. The maximum Gasteiger partial charge on any atom is 0.389 e. The van der Waals surface area contributed by atoms with Crippen molar-refractivity contribution in [2.75, 3.05) is 0 Å². The summed E-state index contributed by atoms with van der Waals surface area (Å²) in [6.07, 6.45) is -9.93. The van der Waals surface area contributed by atoms with Crippen LogP contribution in [0.4, 0.5) is 39.5 Å². The van der Waals surface area contributed by atoms with E-state index in [1.165, 1.54) is 0 Å². The highest BCUT2D eigenvalue weighted by Crippen LogP contribution is 2.46. The lowest BCUT2D eigenvalue weighted by atomic mass is 10.0. The highest BCUT2D eigenvalue weighted by Gasteiger charge is 2.69. The first-order chi connectivity index (χ1) is 6.71. The number of halogens is 9. The van der Waals surface area contributed by atoms with Crippen LogP contribution in [0, 0.1) is 0 Å². The zero-order valence-corrected chi connectivity index (χ0v) is 7.39. The highest BCUT2D eigenvalue weighted by atomic mass is 19.4. The zero-order valence-electron chi connectivity index (χ0n) is 7.39. The Labute approximate surface area is 83.4 Å². The molecule has 0 aromatic heterocycles. The summed E-state index contributed by atoms with van der Waals surface area (Å²) in [5.74, 6) is -11.6. The SMILES string of the molecule is NC(F)(F)C(F)(F)C(F)(F)CCC(F)(F)F. The van der Waals surface area contributed by atoms with E-state index in [9.17, 15) is 39.5 Å². The Balaban J connectivity index is 4.79. The van der Waals surface area contributed by atoms with Crippen LogP contribution in [0.2, 0.25) is 0 Å². The number of rotatable bonds is 4. The van der Waals surface area contributed by atoms with E-state index in [2.05, 4.69) is 5.73 Å². The van der Waals surface area contributed by atoms with E-state index in [0.717, 1.165) is 0 Å². The van der Waals surface area contributed by atoms with Crippen LogP contribution >= 0.6 is 0 Å². The summed E-state index contributed by atoms with van der Waals surface area (Å²) >= 11 is 0. The molecule has 0 saturated carbocycles. The lowest BCUT2D eigenvalue weighted by Gasteiger charge is -2.30. The number of nitrogens with two attached hydrogens (primary N) is 1. The van der Waals surface area contributed by atoms with Crippen molar-refractivity contribution in [2.24, 2.45) is 5.73 Å². The fourth-order valence-corrected chi connectivity index (χ4v) is 0.700. The van der Waals surface area contributed by atoms with Crippen molar-refractivity contribution in [3.8, 4) is 0 Å². The van der Waals surface area contributed by atoms with Gasteiger partial charge in [-0.05, 0) is 0 Å². The van der Waals surface area contributed by atoms with Gasteiger partial charge in [-0.25, -0.2) is 0 Å². The first-order valence-electron chi connectivity index (χ1n) is 3.70. The third-order valence-electron chi connectivity index (χ3n) is 1.60. The topological polar surface area (TPSA) is 26.0 Å². The molecule has 16 heavy (non-hydrogen) atoms. The second-order valence-corrected chi connectivity index (χ2v) is 3.02. The minimum atomic E-state index is -6.04. The highest BCUT2D eigenvalue weighted by molar-refractivity contribution is 4.93. The Hall–Kier alpha value is -0.670. The molecule has 0 bridgehead atoms. The largest absolute Gasteiger partial charge is 0.389 e. The minimum Gasteiger partial charge on any atom is -0.267 e. The number of hydrogen-bond donors (Lipinski definition) is 1. The van der Waals surface area contributed by atoms with Crippen LogP contribution in [-0.4, -0.2) is 24.1 Å². The molecule has 0 aliphatic heterocycles.